The van der Waals surface area contributed by atoms with Gasteiger partial charge < -0.3 is 10.1 Å². The van der Waals surface area contributed by atoms with Gasteiger partial charge in [-0.15, -0.1) is 0 Å². The maximum atomic E-state index is 12.5. The van der Waals surface area contributed by atoms with E-state index < -0.39 is 10.0 Å². The van der Waals surface area contributed by atoms with Crippen molar-refractivity contribution in [2.75, 3.05) is 21.2 Å². The molecule has 1 atom stereocenters. The molecule has 0 aromatic heterocycles. The van der Waals surface area contributed by atoms with E-state index in [-0.39, 0.29) is 22.6 Å². The second-order valence-corrected chi connectivity index (χ2v) is 9.49. The van der Waals surface area contributed by atoms with Gasteiger partial charge in [-0.1, -0.05) is 42.5 Å². The van der Waals surface area contributed by atoms with Gasteiger partial charge in [-0.05, 0) is 53.1 Å². The lowest BCUT2D eigenvalue weighted by Crippen LogP contribution is -2.24. The van der Waals surface area contributed by atoms with Crippen LogP contribution in [-0.2, 0) is 14.8 Å². The maximum Gasteiger partial charge on any atom is 0.246 e. The van der Waals surface area contributed by atoms with Crippen LogP contribution in [0.2, 0.25) is 0 Å². The van der Waals surface area contributed by atoms with Crippen LogP contribution >= 0.6 is 0 Å². The molecule has 0 radical (unpaired) electrons. The molecule has 0 bridgehead atoms. The highest BCUT2D eigenvalue weighted by Gasteiger charge is 2.22. The van der Waals surface area contributed by atoms with Crippen LogP contribution in [0.15, 0.2) is 71.6 Å². The van der Waals surface area contributed by atoms with Crippen molar-refractivity contribution >= 4 is 32.8 Å². The van der Waals surface area contributed by atoms with Gasteiger partial charge in [0.05, 0.1) is 13.2 Å². The van der Waals surface area contributed by atoms with Crippen molar-refractivity contribution in [3.05, 3.63) is 77.9 Å². The third-order valence-electron chi connectivity index (χ3n) is 5.01. The molecule has 7 heteroatoms. The maximum absolute atomic E-state index is 12.5. The molecule has 1 N–H and O–H groups in total. The van der Waals surface area contributed by atoms with Gasteiger partial charge in [0.25, 0.3) is 0 Å². The number of hydrogen-bond donors (Lipinski definition) is 1. The lowest BCUT2D eigenvalue weighted by molar-refractivity contribution is -0.117. The van der Waals surface area contributed by atoms with Crippen molar-refractivity contribution in [1.82, 2.24) is 9.62 Å². The number of nitrogens with one attached hydrogen (secondary N) is 1. The Labute approximate surface area is 183 Å². The van der Waals surface area contributed by atoms with E-state index >= 15 is 0 Å². The second kappa shape index (κ2) is 9.32. The molecule has 0 aliphatic rings. The molecule has 0 saturated carbocycles. The van der Waals surface area contributed by atoms with Gasteiger partial charge in [0.2, 0.25) is 15.9 Å². The number of carbonyl (C=O) groups is 1. The Morgan fingerprint density at radius 1 is 1.03 bits per heavy atom. The first-order chi connectivity index (χ1) is 14.7. The first-order valence-corrected chi connectivity index (χ1v) is 11.2. The van der Waals surface area contributed by atoms with Gasteiger partial charge in [0.15, 0.2) is 0 Å². The minimum atomic E-state index is -3.68. The summed E-state index contributed by atoms with van der Waals surface area (Å²) < 4.78 is 31.4. The Kier molecular flexibility index (Phi) is 6.77. The predicted octanol–water partition coefficient (Wildman–Crippen LogP) is 3.99. The molecule has 1 amide bonds. The van der Waals surface area contributed by atoms with Crippen molar-refractivity contribution in [2.45, 2.75) is 17.9 Å². The Morgan fingerprint density at radius 2 is 1.74 bits per heavy atom. The zero-order valence-electron chi connectivity index (χ0n) is 18.0. The quantitative estimate of drug-likeness (QED) is 0.566. The lowest BCUT2D eigenvalue weighted by atomic mass is 10.0. The van der Waals surface area contributed by atoms with Crippen molar-refractivity contribution in [2.24, 2.45) is 0 Å². The molecule has 0 heterocycles. The van der Waals surface area contributed by atoms with Gasteiger partial charge in [-0.25, -0.2) is 12.7 Å². The summed E-state index contributed by atoms with van der Waals surface area (Å²) in [6, 6.07) is 18.7. The van der Waals surface area contributed by atoms with E-state index in [0.717, 1.165) is 20.6 Å². The summed E-state index contributed by atoms with van der Waals surface area (Å²) >= 11 is 0. The van der Waals surface area contributed by atoms with E-state index in [4.69, 9.17) is 4.74 Å². The average Bonchev–Trinajstić information content (AvgIpc) is 2.76. The fraction of sp³-hybridized carbons (Fsp3) is 0.208. The first kappa shape index (κ1) is 22.5. The summed E-state index contributed by atoms with van der Waals surface area (Å²) in [5.74, 6) is -0.0197. The largest absolute Gasteiger partial charge is 0.495 e. The van der Waals surface area contributed by atoms with Crippen LogP contribution in [0.5, 0.6) is 5.75 Å². The van der Waals surface area contributed by atoms with Gasteiger partial charge in [0, 0.05) is 20.2 Å². The highest BCUT2D eigenvalue weighted by atomic mass is 32.2. The normalized spacial score (nSPS) is 12.9. The van der Waals surface area contributed by atoms with Crippen molar-refractivity contribution in [1.29, 1.82) is 0 Å². The fourth-order valence-electron chi connectivity index (χ4n) is 3.19. The molecule has 3 rings (SSSR count). The van der Waals surface area contributed by atoms with Gasteiger partial charge in [-0.2, -0.15) is 0 Å². The summed E-state index contributed by atoms with van der Waals surface area (Å²) in [5.41, 5.74) is 1.58. The van der Waals surface area contributed by atoms with Crippen LogP contribution < -0.4 is 10.1 Å². The van der Waals surface area contributed by atoms with Crippen LogP contribution in [0.1, 0.15) is 24.1 Å². The van der Waals surface area contributed by atoms with Crippen LogP contribution in [0.3, 0.4) is 0 Å². The van der Waals surface area contributed by atoms with Crippen molar-refractivity contribution < 1.29 is 17.9 Å². The zero-order chi connectivity index (χ0) is 22.6. The number of nitrogens with zero attached hydrogens (tertiary/aromatic N) is 1. The third kappa shape index (κ3) is 5.13. The number of fused-ring (bicyclic) bond motifs is 1. The fourth-order valence-corrected chi connectivity index (χ4v) is 4.27. The monoisotopic (exact) mass is 438 g/mol. The third-order valence-corrected chi connectivity index (χ3v) is 6.84. The molecule has 31 heavy (non-hydrogen) atoms. The summed E-state index contributed by atoms with van der Waals surface area (Å²) in [5, 5.41) is 5.20. The molecule has 162 valence electrons. The van der Waals surface area contributed by atoms with Crippen LogP contribution in [0.4, 0.5) is 0 Å². The molecular weight excluding hydrogens is 412 g/mol. The Bertz CT molecular complexity index is 1230. The predicted molar refractivity (Wildman–Crippen MR) is 123 cm³/mol. The van der Waals surface area contributed by atoms with Crippen LogP contribution in [0, 0.1) is 0 Å². The molecule has 0 aliphatic carbocycles. The molecule has 0 fully saturated rings. The zero-order valence-corrected chi connectivity index (χ0v) is 18.8. The number of amides is 1. The van der Waals surface area contributed by atoms with E-state index in [1.165, 1.54) is 33.3 Å². The van der Waals surface area contributed by atoms with E-state index in [9.17, 15) is 13.2 Å². The summed E-state index contributed by atoms with van der Waals surface area (Å²) in [4.78, 5) is 12.5. The number of hydrogen-bond acceptors (Lipinski definition) is 4. The lowest BCUT2D eigenvalue weighted by Gasteiger charge is -2.15. The van der Waals surface area contributed by atoms with Gasteiger partial charge >= 0.3 is 0 Å². The average molecular weight is 439 g/mol. The molecule has 3 aromatic rings. The molecule has 0 spiro atoms. The number of benzene rings is 3. The van der Waals surface area contributed by atoms with Crippen molar-refractivity contribution in [3.63, 3.8) is 0 Å². The Balaban J connectivity index is 1.76. The number of ether oxygens (including phenoxy) is 1. The summed E-state index contributed by atoms with van der Waals surface area (Å²) in [6.45, 7) is 1.92. The van der Waals surface area contributed by atoms with E-state index in [0.29, 0.717) is 5.56 Å². The number of carbonyl (C=O) groups excluding carboxylic acids is 1. The SMILES string of the molecule is COc1ccc(/C=C/C(=O)NC(C)c2ccc3ccccc3c2)cc1S(=O)(=O)N(C)C. The Hall–Kier alpha value is -3.16. The summed E-state index contributed by atoms with van der Waals surface area (Å²) in [6.07, 6.45) is 2.97. The van der Waals surface area contributed by atoms with Gasteiger partial charge in [0.1, 0.15) is 10.6 Å². The number of methoxy groups -OCH3 is 1. The van der Waals surface area contributed by atoms with Crippen LogP contribution in [0.25, 0.3) is 16.8 Å². The minimum absolute atomic E-state index is 0.0482. The second-order valence-electron chi connectivity index (χ2n) is 7.37. The highest BCUT2D eigenvalue weighted by Crippen LogP contribution is 2.27. The van der Waals surface area contributed by atoms with E-state index in [2.05, 4.69) is 11.4 Å². The molecular formula is C24H26N2O4S. The van der Waals surface area contributed by atoms with Crippen molar-refractivity contribution in [3.8, 4) is 5.75 Å². The van der Waals surface area contributed by atoms with E-state index in [1.807, 2.05) is 43.3 Å². The topological polar surface area (TPSA) is 75.7 Å². The molecule has 3 aromatic carbocycles. The Morgan fingerprint density at radius 3 is 2.42 bits per heavy atom. The molecule has 0 aliphatic heterocycles. The van der Waals surface area contributed by atoms with Gasteiger partial charge in [-0.3, -0.25) is 4.79 Å². The minimum Gasteiger partial charge on any atom is -0.495 e. The molecule has 6 nitrogen and oxygen atoms in total. The van der Waals surface area contributed by atoms with E-state index in [1.54, 1.807) is 18.2 Å². The summed E-state index contributed by atoms with van der Waals surface area (Å²) in [7, 11) is 0.652. The van der Waals surface area contributed by atoms with Crippen LogP contribution in [-0.4, -0.2) is 39.8 Å². The highest BCUT2D eigenvalue weighted by molar-refractivity contribution is 7.89. The number of sulfonamides is 1. The standard InChI is InChI=1S/C24H26N2O4S/c1-17(20-12-11-19-7-5-6-8-21(19)16-20)25-24(27)14-10-18-9-13-22(30-4)23(15-18)31(28,29)26(2)3/h5-17H,1-4H3,(H,25,27)/b14-10+. The first-order valence-electron chi connectivity index (χ1n) is 9.80. The molecule has 0 saturated heterocycles. The smallest absolute Gasteiger partial charge is 0.246 e. The number of rotatable bonds is 7. The molecule has 1 unspecified atom stereocenters.